The lowest BCUT2D eigenvalue weighted by Crippen LogP contribution is -2.29. The molecule has 0 aromatic carbocycles. The third-order valence-corrected chi connectivity index (χ3v) is 2.30. The summed E-state index contributed by atoms with van der Waals surface area (Å²) in [5.41, 5.74) is 0. The van der Waals surface area contributed by atoms with E-state index in [1.807, 2.05) is 7.05 Å². The number of hydrogen-bond donors (Lipinski definition) is 1. The van der Waals surface area contributed by atoms with Crippen molar-refractivity contribution in [2.24, 2.45) is 0 Å². The zero-order chi connectivity index (χ0) is 8.69. The van der Waals surface area contributed by atoms with Crippen molar-refractivity contribution >= 4 is 0 Å². The van der Waals surface area contributed by atoms with Gasteiger partial charge in [-0.25, -0.2) is 0 Å². The van der Waals surface area contributed by atoms with Gasteiger partial charge < -0.3 is 10.2 Å². The molecule has 0 spiro atoms. The lowest BCUT2D eigenvalue weighted by Gasteiger charge is -2.22. The maximum atomic E-state index is 3.16. The maximum Gasteiger partial charge on any atom is 0.00642 e. The fourth-order valence-corrected chi connectivity index (χ4v) is 1.11. The molecular formula is C9H22N2. The van der Waals surface area contributed by atoms with Gasteiger partial charge in [0.25, 0.3) is 0 Å². The van der Waals surface area contributed by atoms with Gasteiger partial charge in [-0.05, 0) is 47.0 Å². The largest absolute Gasteiger partial charge is 0.320 e. The molecule has 0 radical (unpaired) electrons. The summed E-state index contributed by atoms with van der Waals surface area (Å²) in [5, 5.41) is 3.16. The Balaban J connectivity index is 3.28. The molecule has 2 nitrogen and oxygen atoms in total. The van der Waals surface area contributed by atoms with Crippen molar-refractivity contribution in [1.29, 1.82) is 0 Å². The number of nitrogens with one attached hydrogen (secondary N) is 1. The molecule has 2 heteroatoms. The molecule has 0 fully saturated rings. The van der Waals surface area contributed by atoms with Crippen molar-refractivity contribution in [3.8, 4) is 0 Å². The second kappa shape index (κ2) is 6.62. The molecule has 0 aliphatic rings. The van der Waals surface area contributed by atoms with Crippen LogP contribution in [0, 0.1) is 0 Å². The van der Waals surface area contributed by atoms with Gasteiger partial charge in [-0.3, -0.25) is 0 Å². The molecule has 0 saturated heterocycles. The highest BCUT2D eigenvalue weighted by molar-refractivity contribution is 4.61. The van der Waals surface area contributed by atoms with Crippen LogP contribution in [0.25, 0.3) is 0 Å². The highest BCUT2D eigenvalue weighted by atomic mass is 15.1. The Kier molecular flexibility index (Phi) is 6.57. The maximum absolute atomic E-state index is 3.16. The minimum atomic E-state index is 0.730. The number of nitrogens with zero attached hydrogens (tertiary/aromatic N) is 1. The van der Waals surface area contributed by atoms with E-state index in [2.05, 4.69) is 31.1 Å². The van der Waals surface area contributed by atoms with E-state index in [1.54, 1.807) is 0 Å². The molecule has 0 saturated carbocycles. The first-order chi connectivity index (χ1) is 5.22. The summed E-state index contributed by atoms with van der Waals surface area (Å²) in [6.45, 7) is 6.79. The molecule has 0 bridgehead atoms. The molecule has 0 aromatic heterocycles. The van der Waals surface area contributed by atoms with Crippen molar-refractivity contribution in [2.45, 2.75) is 32.7 Å². The molecule has 1 atom stereocenters. The third kappa shape index (κ3) is 5.22. The van der Waals surface area contributed by atoms with Gasteiger partial charge >= 0.3 is 0 Å². The van der Waals surface area contributed by atoms with E-state index in [0.29, 0.717) is 0 Å². The first-order valence-electron chi connectivity index (χ1n) is 4.57. The Labute approximate surface area is 71.0 Å². The predicted octanol–water partition coefficient (Wildman–Crippen LogP) is 1.33. The van der Waals surface area contributed by atoms with Crippen LogP contribution in [0.15, 0.2) is 0 Å². The van der Waals surface area contributed by atoms with Crippen LogP contribution in [0.5, 0.6) is 0 Å². The Bertz CT molecular complexity index is 83.6. The molecule has 68 valence electrons. The van der Waals surface area contributed by atoms with Gasteiger partial charge in [-0.2, -0.15) is 0 Å². The molecule has 0 heterocycles. The molecule has 11 heavy (non-hydrogen) atoms. The molecule has 0 aromatic rings. The van der Waals surface area contributed by atoms with Crippen LogP contribution in [-0.2, 0) is 0 Å². The van der Waals surface area contributed by atoms with Crippen LogP contribution >= 0.6 is 0 Å². The van der Waals surface area contributed by atoms with E-state index >= 15 is 0 Å². The Morgan fingerprint density at radius 2 is 2.09 bits per heavy atom. The van der Waals surface area contributed by atoms with Crippen LogP contribution in [0.4, 0.5) is 0 Å². The van der Waals surface area contributed by atoms with E-state index in [-0.39, 0.29) is 0 Å². The van der Waals surface area contributed by atoms with Crippen molar-refractivity contribution in [3.63, 3.8) is 0 Å². The topological polar surface area (TPSA) is 15.3 Å². The van der Waals surface area contributed by atoms with Crippen molar-refractivity contribution in [2.75, 3.05) is 27.2 Å². The fourth-order valence-electron chi connectivity index (χ4n) is 1.11. The smallest absolute Gasteiger partial charge is 0.00642 e. The summed E-state index contributed by atoms with van der Waals surface area (Å²) in [6.07, 6.45) is 2.58. The summed E-state index contributed by atoms with van der Waals surface area (Å²) >= 11 is 0. The third-order valence-electron chi connectivity index (χ3n) is 2.30. The molecule has 0 aliphatic heterocycles. The van der Waals surface area contributed by atoms with Crippen molar-refractivity contribution in [1.82, 2.24) is 10.2 Å². The minimum Gasteiger partial charge on any atom is -0.320 e. The SMILES string of the molecule is CCN(C)C(C)CCCNC. The van der Waals surface area contributed by atoms with Crippen LogP contribution in [0.1, 0.15) is 26.7 Å². The fraction of sp³-hybridized carbons (Fsp3) is 1.00. The van der Waals surface area contributed by atoms with Crippen LogP contribution < -0.4 is 5.32 Å². The standard InChI is InChI=1S/C9H22N2/c1-5-11(4)9(2)7-6-8-10-3/h9-10H,5-8H2,1-4H3. The van der Waals surface area contributed by atoms with Gasteiger partial charge in [0.05, 0.1) is 0 Å². The Morgan fingerprint density at radius 1 is 1.45 bits per heavy atom. The van der Waals surface area contributed by atoms with E-state index in [9.17, 15) is 0 Å². The van der Waals surface area contributed by atoms with E-state index < -0.39 is 0 Å². The van der Waals surface area contributed by atoms with E-state index in [4.69, 9.17) is 0 Å². The average molecular weight is 158 g/mol. The lowest BCUT2D eigenvalue weighted by molar-refractivity contribution is 0.255. The van der Waals surface area contributed by atoms with E-state index in [0.717, 1.165) is 19.1 Å². The second-order valence-corrected chi connectivity index (χ2v) is 3.17. The predicted molar refractivity (Wildman–Crippen MR) is 50.9 cm³/mol. The van der Waals surface area contributed by atoms with Crippen LogP contribution in [0.3, 0.4) is 0 Å². The molecule has 0 amide bonds. The van der Waals surface area contributed by atoms with Gasteiger partial charge in [0.15, 0.2) is 0 Å². The highest BCUT2D eigenvalue weighted by Gasteiger charge is 2.04. The molecule has 0 rings (SSSR count). The van der Waals surface area contributed by atoms with Crippen molar-refractivity contribution in [3.05, 3.63) is 0 Å². The molecule has 0 aliphatic carbocycles. The first kappa shape index (κ1) is 10.9. The summed E-state index contributed by atoms with van der Waals surface area (Å²) < 4.78 is 0. The normalized spacial score (nSPS) is 13.9. The van der Waals surface area contributed by atoms with Crippen molar-refractivity contribution < 1.29 is 0 Å². The summed E-state index contributed by atoms with van der Waals surface area (Å²) in [7, 11) is 4.19. The minimum absolute atomic E-state index is 0.730. The van der Waals surface area contributed by atoms with Gasteiger partial charge in [0, 0.05) is 6.04 Å². The number of rotatable bonds is 6. The summed E-state index contributed by atoms with van der Waals surface area (Å²) in [6, 6.07) is 0.730. The van der Waals surface area contributed by atoms with E-state index in [1.165, 1.54) is 12.8 Å². The van der Waals surface area contributed by atoms with Gasteiger partial charge in [-0.15, -0.1) is 0 Å². The monoisotopic (exact) mass is 158 g/mol. The zero-order valence-electron chi connectivity index (χ0n) is 8.35. The Morgan fingerprint density at radius 3 is 2.55 bits per heavy atom. The van der Waals surface area contributed by atoms with Crippen LogP contribution in [0.2, 0.25) is 0 Å². The highest BCUT2D eigenvalue weighted by Crippen LogP contribution is 2.02. The Hall–Kier alpha value is -0.0800. The van der Waals surface area contributed by atoms with Gasteiger partial charge in [-0.1, -0.05) is 6.92 Å². The number of hydrogen-bond acceptors (Lipinski definition) is 2. The second-order valence-electron chi connectivity index (χ2n) is 3.17. The summed E-state index contributed by atoms with van der Waals surface area (Å²) in [4.78, 5) is 2.38. The lowest BCUT2D eigenvalue weighted by atomic mass is 10.1. The summed E-state index contributed by atoms with van der Waals surface area (Å²) in [5.74, 6) is 0. The molecule has 1 unspecified atom stereocenters. The average Bonchev–Trinajstić information content (AvgIpc) is 2.03. The molecular weight excluding hydrogens is 136 g/mol. The zero-order valence-corrected chi connectivity index (χ0v) is 8.35. The quantitative estimate of drug-likeness (QED) is 0.587. The first-order valence-corrected chi connectivity index (χ1v) is 4.57. The van der Waals surface area contributed by atoms with Gasteiger partial charge in [0.2, 0.25) is 0 Å². The molecule has 1 N–H and O–H groups in total. The van der Waals surface area contributed by atoms with Gasteiger partial charge in [0.1, 0.15) is 0 Å². The van der Waals surface area contributed by atoms with Crippen LogP contribution in [-0.4, -0.2) is 38.1 Å².